The lowest BCUT2D eigenvalue weighted by molar-refractivity contribution is -0.138. The molecule has 0 unspecified atom stereocenters. The molecule has 1 N–H and O–H groups in total. The summed E-state index contributed by atoms with van der Waals surface area (Å²) in [5.41, 5.74) is 0.0360. The van der Waals surface area contributed by atoms with Gasteiger partial charge in [0.1, 0.15) is 5.75 Å². The number of amides is 1. The predicted octanol–water partition coefficient (Wildman–Crippen LogP) is 4.36. The molecule has 2 aromatic carbocycles. The SMILES string of the molecule is Cc1cc(OCC(=O)NCc2ccccc2C(F)(F)F)ccc1Cl. The van der Waals surface area contributed by atoms with E-state index in [4.69, 9.17) is 16.3 Å². The van der Waals surface area contributed by atoms with E-state index >= 15 is 0 Å². The molecule has 0 radical (unpaired) electrons. The number of alkyl halides is 3. The van der Waals surface area contributed by atoms with E-state index in [1.54, 1.807) is 25.1 Å². The average Bonchev–Trinajstić information content (AvgIpc) is 2.53. The van der Waals surface area contributed by atoms with Crippen LogP contribution in [0.5, 0.6) is 5.75 Å². The lowest BCUT2D eigenvalue weighted by Gasteiger charge is -2.13. The highest BCUT2D eigenvalue weighted by molar-refractivity contribution is 6.31. The third-order valence-corrected chi connectivity index (χ3v) is 3.72. The van der Waals surface area contributed by atoms with Crippen molar-refractivity contribution >= 4 is 17.5 Å². The Hall–Kier alpha value is -2.21. The number of rotatable bonds is 5. The molecule has 3 nitrogen and oxygen atoms in total. The second kappa shape index (κ2) is 7.57. The van der Waals surface area contributed by atoms with Gasteiger partial charge in [-0.25, -0.2) is 0 Å². The number of carbonyl (C=O) groups is 1. The van der Waals surface area contributed by atoms with Gasteiger partial charge in [-0.05, 0) is 42.3 Å². The van der Waals surface area contributed by atoms with Gasteiger partial charge in [-0.3, -0.25) is 4.79 Å². The second-order valence-corrected chi connectivity index (χ2v) is 5.54. The number of carbonyl (C=O) groups excluding carboxylic acids is 1. The summed E-state index contributed by atoms with van der Waals surface area (Å²) in [7, 11) is 0. The van der Waals surface area contributed by atoms with Crippen LogP contribution >= 0.6 is 11.6 Å². The Labute approximate surface area is 142 Å². The lowest BCUT2D eigenvalue weighted by Crippen LogP contribution is -2.29. The van der Waals surface area contributed by atoms with Gasteiger partial charge >= 0.3 is 6.18 Å². The molecule has 0 spiro atoms. The minimum Gasteiger partial charge on any atom is -0.484 e. The fourth-order valence-electron chi connectivity index (χ4n) is 2.05. The fraction of sp³-hybridized carbons (Fsp3) is 0.235. The first kappa shape index (κ1) is 18.1. The number of ether oxygens (including phenoxy) is 1. The summed E-state index contributed by atoms with van der Waals surface area (Å²) in [6.45, 7) is 1.27. The highest BCUT2D eigenvalue weighted by atomic mass is 35.5. The van der Waals surface area contributed by atoms with Crippen LogP contribution in [-0.4, -0.2) is 12.5 Å². The van der Waals surface area contributed by atoms with Gasteiger partial charge in [0.15, 0.2) is 6.61 Å². The molecule has 0 aliphatic rings. The fourth-order valence-corrected chi connectivity index (χ4v) is 2.17. The van der Waals surface area contributed by atoms with Gasteiger partial charge in [-0.2, -0.15) is 13.2 Å². The van der Waals surface area contributed by atoms with E-state index in [9.17, 15) is 18.0 Å². The maximum absolute atomic E-state index is 12.9. The van der Waals surface area contributed by atoms with E-state index < -0.39 is 17.6 Å². The molecule has 1 amide bonds. The Balaban J connectivity index is 1.91. The third-order valence-electron chi connectivity index (χ3n) is 3.30. The van der Waals surface area contributed by atoms with Crippen LogP contribution in [0, 0.1) is 6.92 Å². The van der Waals surface area contributed by atoms with Crippen LogP contribution in [0.4, 0.5) is 13.2 Å². The molecule has 0 heterocycles. The van der Waals surface area contributed by atoms with E-state index in [0.717, 1.165) is 11.6 Å². The third kappa shape index (κ3) is 4.89. The zero-order valence-corrected chi connectivity index (χ0v) is 13.5. The summed E-state index contributed by atoms with van der Waals surface area (Å²) in [4.78, 5) is 11.8. The number of hydrogen-bond acceptors (Lipinski definition) is 2. The zero-order chi connectivity index (χ0) is 17.7. The number of benzene rings is 2. The molecule has 0 aliphatic heterocycles. The van der Waals surface area contributed by atoms with Crippen molar-refractivity contribution in [3.63, 3.8) is 0 Å². The first-order valence-corrected chi connectivity index (χ1v) is 7.46. The summed E-state index contributed by atoms with van der Waals surface area (Å²) in [5.74, 6) is -0.0534. The molecule has 128 valence electrons. The molecule has 2 rings (SSSR count). The average molecular weight is 358 g/mol. The molecule has 0 saturated carbocycles. The first-order chi connectivity index (χ1) is 11.3. The maximum Gasteiger partial charge on any atom is 0.416 e. The van der Waals surface area contributed by atoms with Crippen LogP contribution < -0.4 is 10.1 Å². The van der Waals surface area contributed by atoms with Gasteiger partial charge in [-0.15, -0.1) is 0 Å². The molecule has 0 aliphatic carbocycles. The molecule has 0 saturated heterocycles. The zero-order valence-electron chi connectivity index (χ0n) is 12.8. The molecule has 0 atom stereocenters. The van der Waals surface area contributed by atoms with E-state index in [0.29, 0.717) is 10.8 Å². The van der Waals surface area contributed by atoms with Crippen LogP contribution in [0.25, 0.3) is 0 Å². The summed E-state index contributed by atoms with van der Waals surface area (Å²) < 4.78 is 43.9. The van der Waals surface area contributed by atoms with E-state index in [2.05, 4.69) is 5.32 Å². The molecule has 0 bridgehead atoms. The number of halogens is 4. The Morgan fingerprint density at radius 1 is 1.21 bits per heavy atom. The van der Waals surface area contributed by atoms with E-state index in [1.165, 1.54) is 18.2 Å². The first-order valence-electron chi connectivity index (χ1n) is 7.08. The number of aryl methyl sites for hydroxylation is 1. The molecular weight excluding hydrogens is 343 g/mol. The van der Waals surface area contributed by atoms with Crippen molar-refractivity contribution in [2.24, 2.45) is 0 Å². The van der Waals surface area contributed by atoms with Crippen LogP contribution in [0.1, 0.15) is 16.7 Å². The largest absolute Gasteiger partial charge is 0.484 e. The molecule has 0 fully saturated rings. The van der Waals surface area contributed by atoms with Gasteiger partial charge in [0.25, 0.3) is 5.91 Å². The smallest absolute Gasteiger partial charge is 0.416 e. The van der Waals surface area contributed by atoms with Crippen LogP contribution in [0.15, 0.2) is 42.5 Å². The lowest BCUT2D eigenvalue weighted by atomic mass is 10.1. The quantitative estimate of drug-likeness (QED) is 0.863. The Morgan fingerprint density at radius 2 is 1.92 bits per heavy atom. The van der Waals surface area contributed by atoms with Gasteiger partial charge in [0.05, 0.1) is 5.56 Å². The molecule has 2 aromatic rings. The van der Waals surface area contributed by atoms with Crippen molar-refractivity contribution in [3.8, 4) is 5.75 Å². The van der Waals surface area contributed by atoms with E-state index in [-0.39, 0.29) is 18.7 Å². The monoisotopic (exact) mass is 357 g/mol. The normalized spacial score (nSPS) is 11.2. The van der Waals surface area contributed by atoms with Crippen molar-refractivity contribution in [1.82, 2.24) is 5.32 Å². The summed E-state index contributed by atoms with van der Waals surface area (Å²) >= 11 is 5.89. The molecular formula is C17H15ClF3NO2. The standard InChI is InChI=1S/C17H15ClF3NO2/c1-11-8-13(6-7-15(11)18)24-10-16(23)22-9-12-4-2-3-5-14(12)17(19,20)21/h2-8H,9-10H2,1H3,(H,22,23). The Bertz CT molecular complexity index is 732. The molecule has 0 aromatic heterocycles. The summed E-state index contributed by atoms with van der Waals surface area (Å²) in [6, 6.07) is 10.0. The highest BCUT2D eigenvalue weighted by Crippen LogP contribution is 2.31. The highest BCUT2D eigenvalue weighted by Gasteiger charge is 2.32. The van der Waals surface area contributed by atoms with Crippen molar-refractivity contribution in [1.29, 1.82) is 0 Å². The summed E-state index contributed by atoms with van der Waals surface area (Å²) in [6.07, 6.45) is -4.46. The number of hydrogen-bond donors (Lipinski definition) is 1. The topological polar surface area (TPSA) is 38.3 Å². The van der Waals surface area contributed by atoms with Crippen LogP contribution in [0.3, 0.4) is 0 Å². The van der Waals surface area contributed by atoms with Crippen molar-refractivity contribution in [2.75, 3.05) is 6.61 Å². The maximum atomic E-state index is 12.9. The number of nitrogens with one attached hydrogen (secondary N) is 1. The van der Waals surface area contributed by atoms with Crippen LogP contribution in [-0.2, 0) is 17.5 Å². The molecule has 7 heteroatoms. The minimum atomic E-state index is -4.46. The summed E-state index contributed by atoms with van der Waals surface area (Å²) in [5, 5.41) is 3.00. The molecule has 24 heavy (non-hydrogen) atoms. The Morgan fingerprint density at radius 3 is 2.58 bits per heavy atom. The van der Waals surface area contributed by atoms with Crippen LogP contribution in [0.2, 0.25) is 5.02 Å². The van der Waals surface area contributed by atoms with Crippen molar-refractivity contribution < 1.29 is 22.7 Å². The van der Waals surface area contributed by atoms with Gasteiger partial charge < -0.3 is 10.1 Å². The Kier molecular flexibility index (Phi) is 5.72. The van der Waals surface area contributed by atoms with Gasteiger partial charge in [0, 0.05) is 11.6 Å². The second-order valence-electron chi connectivity index (χ2n) is 5.13. The predicted molar refractivity (Wildman–Crippen MR) is 85.0 cm³/mol. The van der Waals surface area contributed by atoms with Crippen molar-refractivity contribution in [2.45, 2.75) is 19.6 Å². The van der Waals surface area contributed by atoms with E-state index in [1.807, 2.05) is 0 Å². The van der Waals surface area contributed by atoms with Gasteiger partial charge in [-0.1, -0.05) is 29.8 Å². The van der Waals surface area contributed by atoms with Crippen molar-refractivity contribution in [3.05, 3.63) is 64.2 Å². The van der Waals surface area contributed by atoms with Gasteiger partial charge in [0.2, 0.25) is 0 Å². The minimum absolute atomic E-state index is 0.000636.